The first-order valence-corrected chi connectivity index (χ1v) is 8.22. The number of nitrogens with zero attached hydrogens (tertiary/aromatic N) is 2. The summed E-state index contributed by atoms with van der Waals surface area (Å²) in [5, 5.41) is 3.23. The molecule has 21 heavy (non-hydrogen) atoms. The Morgan fingerprint density at radius 1 is 1.38 bits per heavy atom. The molecular formula is C17H27N3O. The van der Waals surface area contributed by atoms with Crippen molar-refractivity contribution in [2.75, 3.05) is 25.0 Å². The highest BCUT2D eigenvalue weighted by atomic mass is 16.2. The predicted molar refractivity (Wildman–Crippen MR) is 86.7 cm³/mol. The quantitative estimate of drug-likeness (QED) is 0.873. The molecule has 1 N–H and O–H groups in total. The molecule has 0 aromatic carbocycles. The highest BCUT2D eigenvalue weighted by molar-refractivity contribution is 5.95. The van der Waals surface area contributed by atoms with Gasteiger partial charge < -0.3 is 10.2 Å². The van der Waals surface area contributed by atoms with Crippen molar-refractivity contribution in [2.45, 2.75) is 46.5 Å². The summed E-state index contributed by atoms with van der Waals surface area (Å²) < 4.78 is 0. The Bertz CT molecular complexity index is 463. The van der Waals surface area contributed by atoms with Gasteiger partial charge in [0.15, 0.2) is 0 Å². The summed E-state index contributed by atoms with van der Waals surface area (Å²) in [5.41, 5.74) is 1.78. The van der Waals surface area contributed by atoms with E-state index in [0.717, 1.165) is 62.4 Å². The van der Waals surface area contributed by atoms with E-state index in [2.05, 4.69) is 24.1 Å². The Labute approximate surface area is 127 Å². The number of hydrogen-bond acceptors (Lipinski definition) is 3. The highest BCUT2D eigenvalue weighted by Gasteiger charge is 2.26. The highest BCUT2D eigenvalue weighted by Crippen LogP contribution is 2.22. The molecule has 0 spiro atoms. The number of carbonyl (C=O) groups excluding carboxylic acids is 1. The summed E-state index contributed by atoms with van der Waals surface area (Å²) >= 11 is 0. The van der Waals surface area contributed by atoms with Gasteiger partial charge >= 0.3 is 0 Å². The van der Waals surface area contributed by atoms with Gasteiger partial charge in [-0.25, -0.2) is 4.98 Å². The van der Waals surface area contributed by atoms with E-state index in [1.807, 2.05) is 24.0 Å². The van der Waals surface area contributed by atoms with Crippen LogP contribution in [0, 0.1) is 5.92 Å². The average molecular weight is 289 g/mol. The van der Waals surface area contributed by atoms with Crippen molar-refractivity contribution >= 4 is 11.7 Å². The van der Waals surface area contributed by atoms with E-state index in [1.165, 1.54) is 0 Å². The fraction of sp³-hybridized carbons (Fsp3) is 0.647. The molecule has 2 heterocycles. The molecule has 116 valence electrons. The zero-order valence-electron chi connectivity index (χ0n) is 13.5. The summed E-state index contributed by atoms with van der Waals surface area (Å²) in [7, 11) is 0. The molecule has 4 nitrogen and oxygen atoms in total. The second-order valence-electron chi connectivity index (χ2n) is 5.83. The molecule has 4 heteroatoms. The van der Waals surface area contributed by atoms with Crippen LogP contribution in [0.25, 0.3) is 0 Å². The Kier molecular flexibility index (Phi) is 5.59. The van der Waals surface area contributed by atoms with Crippen LogP contribution < -0.4 is 5.32 Å². The topological polar surface area (TPSA) is 45.2 Å². The fourth-order valence-corrected chi connectivity index (χ4v) is 2.90. The minimum Gasteiger partial charge on any atom is -0.370 e. The van der Waals surface area contributed by atoms with Crippen LogP contribution in [-0.4, -0.2) is 35.4 Å². The predicted octanol–water partition coefficient (Wildman–Crippen LogP) is 3.34. The number of amides is 1. The molecule has 1 aromatic heterocycles. The smallest absolute Gasteiger partial charge is 0.254 e. The molecular weight excluding hydrogens is 262 g/mol. The fourth-order valence-electron chi connectivity index (χ4n) is 2.90. The van der Waals surface area contributed by atoms with Gasteiger partial charge in [0.2, 0.25) is 0 Å². The van der Waals surface area contributed by atoms with Crippen molar-refractivity contribution in [1.29, 1.82) is 0 Å². The minimum atomic E-state index is 0.157. The lowest BCUT2D eigenvalue weighted by Crippen LogP contribution is -2.29. The Balaban J connectivity index is 2.19. The van der Waals surface area contributed by atoms with E-state index < -0.39 is 0 Å². The molecule has 0 aliphatic carbocycles. The third kappa shape index (κ3) is 3.96. The molecule has 1 amide bonds. The summed E-state index contributed by atoms with van der Waals surface area (Å²) in [6, 6.07) is 3.86. The second kappa shape index (κ2) is 7.43. The monoisotopic (exact) mass is 289 g/mol. The van der Waals surface area contributed by atoms with Gasteiger partial charge in [-0.1, -0.05) is 26.7 Å². The van der Waals surface area contributed by atoms with Crippen molar-refractivity contribution in [1.82, 2.24) is 9.88 Å². The number of anilines is 1. The summed E-state index contributed by atoms with van der Waals surface area (Å²) in [4.78, 5) is 19.3. The van der Waals surface area contributed by atoms with Crippen LogP contribution in [0.2, 0.25) is 0 Å². The van der Waals surface area contributed by atoms with E-state index in [1.54, 1.807) is 0 Å². The summed E-state index contributed by atoms with van der Waals surface area (Å²) in [5.74, 6) is 1.64. The number of nitrogens with one attached hydrogen (secondary N) is 1. The van der Waals surface area contributed by atoms with Crippen LogP contribution in [0.3, 0.4) is 0 Å². The first-order valence-electron chi connectivity index (χ1n) is 8.22. The molecule has 1 fully saturated rings. The van der Waals surface area contributed by atoms with Crippen molar-refractivity contribution in [3.63, 3.8) is 0 Å². The number of likely N-dealkylation sites (tertiary alicyclic amines) is 1. The van der Waals surface area contributed by atoms with E-state index in [9.17, 15) is 4.79 Å². The Morgan fingerprint density at radius 3 is 2.81 bits per heavy atom. The molecule has 1 aromatic rings. The number of rotatable bonds is 6. The van der Waals surface area contributed by atoms with Crippen LogP contribution in [0.1, 0.15) is 56.1 Å². The Hall–Kier alpha value is -1.58. The standard InChI is InChI=1S/C17H27N3O/c1-4-7-15-10-14(11-16(19-15)18-6-3)17(21)20-9-8-13(5-2)12-20/h10-11,13H,4-9,12H2,1-3H3,(H,18,19). The lowest BCUT2D eigenvalue weighted by molar-refractivity contribution is 0.0786. The number of aryl methyl sites for hydroxylation is 1. The average Bonchev–Trinajstić information content (AvgIpc) is 2.96. The number of pyridine rings is 1. The maximum atomic E-state index is 12.7. The molecule has 1 unspecified atom stereocenters. The first-order chi connectivity index (χ1) is 10.2. The zero-order valence-corrected chi connectivity index (χ0v) is 13.5. The van der Waals surface area contributed by atoms with Gasteiger partial charge in [-0.3, -0.25) is 4.79 Å². The zero-order chi connectivity index (χ0) is 15.2. The third-order valence-electron chi connectivity index (χ3n) is 4.14. The van der Waals surface area contributed by atoms with Gasteiger partial charge in [-0.05, 0) is 37.8 Å². The minimum absolute atomic E-state index is 0.157. The van der Waals surface area contributed by atoms with Crippen molar-refractivity contribution < 1.29 is 4.79 Å². The number of hydrogen-bond donors (Lipinski definition) is 1. The first kappa shape index (κ1) is 15.8. The van der Waals surface area contributed by atoms with Crippen LogP contribution in [0.4, 0.5) is 5.82 Å². The van der Waals surface area contributed by atoms with Crippen molar-refractivity contribution in [3.05, 3.63) is 23.4 Å². The maximum Gasteiger partial charge on any atom is 0.254 e. The van der Waals surface area contributed by atoms with Crippen molar-refractivity contribution in [3.8, 4) is 0 Å². The SMILES string of the molecule is CCCc1cc(C(=O)N2CCC(CC)C2)cc(NCC)n1. The van der Waals surface area contributed by atoms with Crippen molar-refractivity contribution in [2.24, 2.45) is 5.92 Å². The molecule has 0 bridgehead atoms. The third-order valence-corrected chi connectivity index (χ3v) is 4.14. The lowest BCUT2D eigenvalue weighted by Gasteiger charge is -2.17. The van der Waals surface area contributed by atoms with Crippen LogP contribution in [-0.2, 0) is 6.42 Å². The summed E-state index contributed by atoms with van der Waals surface area (Å²) in [6.07, 6.45) is 4.24. The van der Waals surface area contributed by atoms with E-state index in [-0.39, 0.29) is 5.91 Å². The molecule has 2 rings (SSSR count). The van der Waals surface area contributed by atoms with Gasteiger partial charge in [-0.2, -0.15) is 0 Å². The molecule has 1 aliphatic rings. The molecule has 0 saturated carbocycles. The van der Waals surface area contributed by atoms with E-state index >= 15 is 0 Å². The summed E-state index contributed by atoms with van der Waals surface area (Å²) in [6.45, 7) is 8.99. The molecule has 1 aliphatic heterocycles. The van der Waals surface area contributed by atoms with Gasteiger partial charge in [0.25, 0.3) is 5.91 Å². The van der Waals surface area contributed by atoms with Gasteiger partial charge in [0.1, 0.15) is 5.82 Å². The normalized spacial score (nSPS) is 18.0. The van der Waals surface area contributed by atoms with Gasteiger partial charge in [0.05, 0.1) is 0 Å². The van der Waals surface area contributed by atoms with Crippen LogP contribution in [0.15, 0.2) is 12.1 Å². The van der Waals surface area contributed by atoms with E-state index in [0.29, 0.717) is 5.92 Å². The van der Waals surface area contributed by atoms with Crippen LogP contribution in [0.5, 0.6) is 0 Å². The van der Waals surface area contributed by atoms with E-state index in [4.69, 9.17) is 0 Å². The second-order valence-corrected chi connectivity index (χ2v) is 5.83. The maximum absolute atomic E-state index is 12.7. The number of aromatic nitrogens is 1. The van der Waals surface area contributed by atoms with Gasteiger partial charge in [-0.15, -0.1) is 0 Å². The largest absolute Gasteiger partial charge is 0.370 e. The number of carbonyl (C=O) groups is 1. The molecule has 1 saturated heterocycles. The Morgan fingerprint density at radius 2 is 2.19 bits per heavy atom. The van der Waals surface area contributed by atoms with Crippen LogP contribution >= 0.6 is 0 Å². The molecule has 1 atom stereocenters. The van der Waals surface area contributed by atoms with Gasteiger partial charge in [0, 0.05) is 30.9 Å². The lowest BCUT2D eigenvalue weighted by atomic mass is 10.1. The molecule has 0 radical (unpaired) electrons.